The van der Waals surface area contributed by atoms with E-state index in [1.165, 1.54) is 6.92 Å². The van der Waals surface area contributed by atoms with Gasteiger partial charge in [0.1, 0.15) is 56.9 Å². The van der Waals surface area contributed by atoms with E-state index in [4.69, 9.17) is 19.5 Å². The summed E-state index contributed by atoms with van der Waals surface area (Å²) in [5, 5.41) is 69.3. The Bertz CT molecular complexity index is 548. The minimum atomic E-state index is -1.67. The molecule has 2 fully saturated rings. The fraction of sp³-hybridized carbons (Fsp3) is 0.938. The summed E-state index contributed by atoms with van der Waals surface area (Å²) in [4.78, 5) is 7.72. The van der Waals surface area contributed by atoms with E-state index in [-0.39, 0.29) is 12.5 Å². The monoisotopic (exact) mass is 428 g/mol. The number of aliphatic imine (C=N–C) groups is 1. The summed E-state index contributed by atoms with van der Waals surface area (Å²) in [6.07, 6.45) is -12.9. The molecule has 7 N–H and O–H groups in total. The van der Waals surface area contributed by atoms with E-state index in [2.05, 4.69) is 14.2 Å². The van der Waals surface area contributed by atoms with Gasteiger partial charge in [-0.25, -0.2) is 10.2 Å². The first-order chi connectivity index (χ1) is 13.6. The molecule has 29 heavy (non-hydrogen) atoms. The summed E-state index contributed by atoms with van der Waals surface area (Å²) in [5.41, 5.74) is 0. The second kappa shape index (κ2) is 10.4. The zero-order chi connectivity index (χ0) is 21.9. The van der Waals surface area contributed by atoms with Gasteiger partial charge in [-0.3, -0.25) is 0 Å². The molecule has 13 nitrogen and oxygen atoms in total. The smallest absolute Gasteiger partial charge is 0.224 e. The van der Waals surface area contributed by atoms with Gasteiger partial charge in [0, 0.05) is 6.92 Å². The van der Waals surface area contributed by atoms with Crippen molar-refractivity contribution < 1.29 is 59.4 Å². The molecule has 0 bridgehead atoms. The lowest BCUT2D eigenvalue weighted by molar-refractivity contribution is -0.349. The van der Waals surface area contributed by atoms with Crippen LogP contribution in [0.15, 0.2) is 4.99 Å². The van der Waals surface area contributed by atoms with Crippen LogP contribution in [0.25, 0.3) is 0 Å². The number of nitrogens with zero attached hydrogens (tertiary/aromatic N) is 1. The molecule has 2 aliphatic heterocycles. The van der Waals surface area contributed by atoms with Gasteiger partial charge < -0.3 is 54.1 Å². The molecule has 0 aromatic carbocycles. The lowest BCUT2D eigenvalue weighted by atomic mass is 9.96. The zero-order valence-electron chi connectivity index (χ0n) is 16.3. The zero-order valence-corrected chi connectivity index (χ0v) is 16.3. The minimum absolute atomic E-state index is 0.122. The molecular formula is C16H30NO12+. The first-order valence-electron chi connectivity index (χ1n) is 8.98. The van der Waals surface area contributed by atoms with E-state index >= 15 is 0 Å². The number of aliphatic hydroxyl groups is 6. The predicted molar refractivity (Wildman–Crippen MR) is 93.9 cm³/mol. The van der Waals surface area contributed by atoms with E-state index in [0.717, 1.165) is 0 Å². The van der Waals surface area contributed by atoms with Gasteiger partial charge in [0.15, 0.2) is 25.3 Å². The van der Waals surface area contributed by atoms with Crippen molar-refractivity contribution >= 4 is 5.90 Å². The summed E-state index contributed by atoms with van der Waals surface area (Å²) in [6.45, 7) is 0.731. The molecule has 2 saturated heterocycles. The Morgan fingerprint density at radius 2 is 1.62 bits per heavy atom. The molecule has 0 aromatic heterocycles. The van der Waals surface area contributed by atoms with Crippen molar-refractivity contribution in [1.29, 1.82) is 0 Å². The quantitative estimate of drug-likeness (QED) is 0.0724. The van der Waals surface area contributed by atoms with Gasteiger partial charge >= 0.3 is 0 Å². The van der Waals surface area contributed by atoms with Gasteiger partial charge in [0.25, 0.3) is 0 Å². The molecule has 0 spiro atoms. The van der Waals surface area contributed by atoms with Gasteiger partial charge in [-0.15, -0.1) is 0 Å². The van der Waals surface area contributed by atoms with E-state index in [1.54, 1.807) is 14.2 Å². The molecular weight excluding hydrogens is 398 g/mol. The van der Waals surface area contributed by atoms with Gasteiger partial charge in [0.05, 0.1) is 6.61 Å². The second-order valence-electron chi connectivity index (χ2n) is 7.24. The molecule has 0 amide bonds. The van der Waals surface area contributed by atoms with E-state index in [9.17, 15) is 30.6 Å². The van der Waals surface area contributed by atoms with Crippen molar-refractivity contribution in [2.24, 2.45) is 4.99 Å². The predicted octanol–water partition coefficient (Wildman–Crippen LogP) is -3.66. The van der Waals surface area contributed by atoms with E-state index < -0.39 is 68.0 Å². The average Bonchev–Trinajstić information content (AvgIpc) is 2.67. The number of aliphatic hydroxyl groups excluding tert-OH is 6. The van der Waals surface area contributed by atoms with Crippen molar-refractivity contribution in [1.82, 2.24) is 0 Å². The summed E-state index contributed by atoms with van der Waals surface area (Å²) in [6, 6.07) is -1.35. The lowest BCUT2D eigenvalue weighted by Crippen LogP contribution is -2.64. The maximum atomic E-state index is 10.6. The molecule has 0 unspecified atom stereocenters. The summed E-state index contributed by atoms with van der Waals surface area (Å²) in [5.74, 6) is -0.270. The molecule has 13 heteroatoms. The van der Waals surface area contributed by atoms with Crippen LogP contribution >= 0.6 is 0 Å². The Balaban J connectivity index is 2.21. The maximum absolute atomic E-state index is 10.6. The highest BCUT2D eigenvalue weighted by Crippen LogP contribution is 2.30. The molecule has 2 aliphatic rings. The van der Waals surface area contributed by atoms with Crippen molar-refractivity contribution in [3.05, 3.63) is 0 Å². The Kier molecular flexibility index (Phi) is 8.69. The average molecular weight is 428 g/mol. The molecule has 2 rings (SSSR count). The van der Waals surface area contributed by atoms with Crippen molar-refractivity contribution in [3.63, 3.8) is 0 Å². The van der Waals surface area contributed by atoms with Crippen molar-refractivity contribution in [3.8, 4) is 0 Å². The SMILES string of the molecule is CC(=N[C@@H]1[C@@H](O)[C@H](O[C@@H]2O[C@H](C[O+](C)C)[C@H](O)[C@H](O)[C@H]2O)[C@@H](CO)O[C@H]1O)OO. The largest absolute Gasteiger partial charge is 0.424 e. The third kappa shape index (κ3) is 5.59. The Morgan fingerprint density at radius 3 is 2.17 bits per heavy atom. The summed E-state index contributed by atoms with van der Waals surface area (Å²) >= 11 is 0. The van der Waals surface area contributed by atoms with Crippen molar-refractivity contribution in [2.75, 3.05) is 27.4 Å². The first-order valence-corrected chi connectivity index (χ1v) is 8.98. The van der Waals surface area contributed by atoms with Crippen LogP contribution in [0.3, 0.4) is 0 Å². The van der Waals surface area contributed by atoms with Crippen LogP contribution in [0.5, 0.6) is 0 Å². The highest BCUT2D eigenvalue weighted by atomic mass is 17.1. The van der Waals surface area contributed by atoms with E-state index in [0.29, 0.717) is 0 Å². The highest BCUT2D eigenvalue weighted by molar-refractivity contribution is 5.72. The molecule has 10 atom stereocenters. The molecule has 0 aliphatic carbocycles. The van der Waals surface area contributed by atoms with Gasteiger partial charge in [-0.05, 0) is 0 Å². The first kappa shape index (κ1) is 24.3. The molecule has 2 heterocycles. The Labute approximate surface area is 166 Å². The maximum Gasteiger partial charge on any atom is 0.224 e. The molecule has 0 aromatic rings. The molecule has 170 valence electrons. The van der Waals surface area contributed by atoms with Crippen LogP contribution in [0.2, 0.25) is 0 Å². The van der Waals surface area contributed by atoms with Crippen LogP contribution in [0.4, 0.5) is 0 Å². The second-order valence-corrected chi connectivity index (χ2v) is 7.24. The van der Waals surface area contributed by atoms with Crippen LogP contribution in [0, 0.1) is 0 Å². The van der Waals surface area contributed by atoms with Gasteiger partial charge in [-0.2, -0.15) is 0 Å². The number of hydrogen-bond donors (Lipinski definition) is 7. The molecule has 0 saturated carbocycles. The van der Waals surface area contributed by atoms with Gasteiger partial charge in [-0.1, -0.05) is 0 Å². The summed E-state index contributed by atoms with van der Waals surface area (Å²) in [7, 11) is 3.28. The van der Waals surface area contributed by atoms with Crippen LogP contribution in [-0.4, -0.2) is 131 Å². The number of ether oxygens (including phenoxy) is 3. The van der Waals surface area contributed by atoms with Crippen LogP contribution < -0.4 is 0 Å². The highest BCUT2D eigenvalue weighted by Gasteiger charge is 2.51. The molecule has 0 radical (unpaired) electrons. The standard InChI is InChI=1S/C16H29NO12/c1-6(28-24)17-9-11(20)14(7(4-18)25-15(9)23)27-16-13(22)12(21)10(19)8(26-16)5-29(2)3/h7-16,18-23H,4-5H2,1-3H3/p+1/t7-,8-,9-,10+,11-,12+,13-,14-,15-,16+/m1/s1. The topological polar surface area (TPSA) is 194 Å². The third-order valence-corrected chi connectivity index (χ3v) is 4.76. The van der Waals surface area contributed by atoms with Crippen LogP contribution in [-0.2, 0) is 23.5 Å². The van der Waals surface area contributed by atoms with Crippen molar-refractivity contribution in [2.45, 2.75) is 68.3 Å². The number of rotatable bonds is 6. The Hall–Kier alpha value is -0.970. The van der Waals surface area contributed by atoms with Crippen LogP contribution in [0.1, 0.15) is 6.92 Å². The lowest BCUT2D eigenvalue weighted by Gasteiger charge is -2.45. The minimum Gasteiger partial charge on any atom is -0.424 e. The number of hydrogen-bond acceptors (Lipinski definition) is 12. The fourth-order valence-electron chi connectivity index (χ4n) is 3.26. The van der Waals surface area contributed by atoms with E-state index in [1.807, 2.05) is 0 Å². The fourth-order valence-corrected chi connectivity index (χ4v) is 3.26. The Morgan fingerprint density at radius 1 is 0.966 bits per heavy atom. The third-order valence-electron chi connectivity index (χ3n) is 4.76. The normalized spacial score (nSPS) is 44.2. The summed E-state index contributed by atoms with van der Waals surface area (Å²) < 4.78 is 18.8. The van der Waals surface area contributed by atoms with Gasteiger partial charge in [0.2, 0.25) is 5.90 Å².